The van der Waals surface area contributed by atoms with E-state index in [-0.39, 0.29) is 0 Å². The van der Waals surface area contributed by atoms with Crippen molar-refractivity contribution in [2.45, 2.75) is 27.3 Å². The molecule has 0 unspecified atom stereocenters. The molecule has 0 aliphatic carbocycles. The first-order valence-electron chi connectivity index (χ1n) is 4.19. The van der Waals surface area contributed by atoms with Crippen LogP contribution in [0, 0.1) is 12.8 Å². The molecule has 0 amide bonds. The number of aryl methyl sites for hydroxylation is 1. The first-order chi connectivity index (χ1) is 5.70. The lowest BCUT2D eigenvalue weighted by atomic mass is 10.2. The second-order valence-electron chi connectivity index (χ2n) is 3.32. The summed E-state index contributed by atoms with van der Waals surface area (Å²) in [5.74, 6) is 0.658. The predicted octanol–water partition coefficient (Wildman–Crippen LogP) is 1.12. The average molecular weight is 169 g/mol. The van der Waals surface area contributed by atoms with Gasteiger partial charge in [0.05, 0.1) is 0 Å². The lowest BCUT2D eigenvalue weighted by Gasteiger charge is -2.04. The number of rotatable bonds is 4. The molecule has 12 heavy (non-hydrogen) atoms. The largest absolute Gasteiger partial charge is 0.311 e. The van der Waals surface area contributed by atoms with E-state index in [1.165, 1.54) is 0 Å². The van der Waals surface area contributed by atoms with Gasteiger partial charge in [-0.1, -0.05) is 24.2 Å². The Bertz CT molecular complexity index is 232. The van der Waals surface area contributed by atoms with Gasteiger partial charge < -0.3 is 5.32 Å². The third-order valence-corrected chi connectivity index (χ3v) is 1.59. The first kappa shape index (κ1) is 9.19. The van der Waals surface area contributed by atoms with Gasteiger partial charge >= 0.3 is 0 Å². The standard InChI is InChI=1S/C8H15N3O/c1-6(2)4-9-5-8-7(3)10-12-11-8/h6,9H,4-5H2,1-3H3. The Balaban J connectivity index is 2.29. The molecule has 1 aromatic rings. The molecule has 0 aliphatic rings. The summed E-state index contributed by atoms with van der Waals surface area (Å²) in [6, 6.07) is 0. The van der Waals surface area contributed by atoms with Gasteiger partial charge in [0.1, 0.15) is 11.4 Å². The van der Waals surface area contributed by atoms with Gasteiger partial charge in [-0.25, -0.2) is 4.63 Å². The third kappa shape index (κ3) is 2.62. The summed E-state index contributed by atoms with van der Waals surface area (Å²) >= 11 is 0. The molecule has 4 nitrogen and oxygen atoms in total. The van der Waals surface area contributed by atoms with Crippen LogP contribution in [0.5, 0.6) is 0 Å². The molecular formula is C8H15N3O. The minimum absolute atomic E-state index is 0.658. The van der Waals surface area contributed by atoms with Gasteiger partial charge in [0, 0.05) is 6.54 Å². The monoisotopic (exact) mass is 169 g/mol. The van der Waals surface area contributed by atoms with E-state index in [1.807, 2.05) is 6.92 Å². The van der Waals surface area contributed by atoms with E-state index >= 15 is 0 Å². The molecule has 1 aromatic heterocycles. The average Bonchev–Trinajstić information content (AvgIpc) is 2.36. The van der Waals surface area contributed by atoms with E-state index in [4.69, 9.17) is 0 Å². The summed E-state index contributed by atoms with van der Waals surface area (Å²) in [5.41, 5.74) is 1.77. The van der Waals surface area contributed by atoms with E-state index in [1.54, 1.807) is 0 Å². The van der Waals surface area contributed by atoms with Gasteiger partial charge in [-0.2, -0.15) is 0 Å². The van der Waals surface area contributed by atoms with Crippen LogP contribution in [-0.4, -0.2) is 16.9 Å². The van der Waals surface area contributed by atoms with Crippen molar-refractivity contribution in [2.24, 2.45) is 5.92 Å². The van der Waals surface area contributed by atoms with Gasteiger partial charge in [0.2, 0.25) is 0 Å². The fourth-order valence-electron chi connectivity index (χ4n) is 0.889. The molecule has 0 radical (unpaired) electrons. The Morgan fingerprint density at radius 3 is 2.67 bits per heavy atom. The molecule has 0 saturated carbocycles. The highest BCUT2D eigenvalue weighted by Gasteiger charge is 2.03. The van der Waals surface area contributed by atoms with Crippen molar-refractivity contribution in [1.29, 1.82) is 0 Å². The molecule has 0 fully saturated rings. The Hall–Kier alpha value is -0.900. The lowest BCUT2D eigenvalue weighted by Crippen LogP contribution is -2.19. The smallest absolute Gasteiger partial charge is 0.121 e. The van der Waals surface area contributed by atoms with Gasteiger partial charge in [-0.05, 0) is 19.4 Å². The maximum Gasteiger partial charge on any atom is 0.121 e. The van der Waals surface area contributed by atoms with E-state index in [2.05, 4.69) is 34.1 Å². The van der Waals surface area contributed by atoms with Crippen molar-refractivity contribution in [2.75, 3.05) is 6.54 Å². The quantitative estimate of drug-likeness (QED) is 0.734. The molecule has 0 saturated heterocycles. The Morgan fingerprint density at radius 2 is 2.17 bits per heavy atom. The Morgan fingerprint density at radius 1 is 1.42 bits per heavy atom. The van der Waals surface area contributed by atoms with Crippen LogP contribution in [0.2, 0.25) is 0 Å². The first-order valence-corrected chi connectivity index (χ1v) is 4.19. The van der Waals surface area contributed by atoms with Crippen molar-refractivity contribution in [1.82, 2.24) is 15.6 Å². The molecule has 0 atom stereocenters. The van der Waals surface area contributed by atoms with Crippen LogP contribution in [-0.2, 0) is 6.54 Å². The molecular weight excluding hydrogens is 154 g/mol. The van der Waals surface area contributed by atoms with Crippen LogP contribution in [0.4, 0.5) is 0 Å². The summed E-state index contributed by atoms with van der Waals surface area (Å²) in [4.78, 5) is 0. The second-order valence-corrected chi connectivity index (χ2v) is 3.32. The third-order valence-electron chi connectivity index (χ3n) is 1.59. The van der Waals surface area contributed by atoms with Gasteiger partial charge in [0.25, 0.3) is 0 Å². The Kier molecular flexibility index (Phi) is 3.22. The maximum absolute atomic E-state index is 4.56. The van der Waals surface area contributed by atoms with E-state index in [0.29, 0.717) is 5.92 Å². The van der Waals surface area contributed by atoms with Crippen molar-refractivity contribution in [3.05, 3.63) is 11.4 Å². The van der Waals surface area contributed by atoms with Crippen molar-refractivity contribution < 1.29 is 4.63 Å². The molecule has 0 aliphatic heterocycles. The van der Waals surface area contributed by atoms with Crippen LogP contribution >= 0.6 is 0 Å². The fourth-order valence-corrected chi connectivity index (χ4v) is 0.889. The molecule has 1 N–H and O–H groups in total. The van der Waals surface area contributed by atoms with Gasteiger partial charge in [-0.3, -0.25) is 0 Å². The minimum Gasteiger partial charge on any atom is -0.311 e. The van der Waals surface area contributed by atoms with E-state index in [9.17, 15) is 0 Å². The van der Waals surface area contributed by atoms with Crippen LogP contribution in [0.1, 0.15) is 25.2 Å². The van der Waals surface area contributed by atoms with Gasteiger partial charge in [-0.15, -0.1) is 0 Å². The topological polar surface area (TPSA) is 51.0 Å². The summed E-state index contributed by atoms with van der Waals surface area (Å²) in [6.07, 6.45) is 0. The molecule has 68 valence electrons. The van der Waals surface area contributed by atoms with Gasteiger partial charge in [0.15, 0.2) is 0 Å². The van der Waals surface area contributed by atoms with Crippen LogP contribution in [0.15, 0.2) is 4.63 Å². The zero-order valence-electron chi connectivity index (χ0n) is 7.79. The number of nitrogens with one attached hydrogen (secondary N) is 1. The normalized spacial score (nSPS) is 11.0. The lowest BCUT2D eigenvalue weighted by molar-refractivity contribution is 0.300. The van der Waals surface area contributed by atoms with Crippen molar-refractivity contribution in [3.8, 4) is 0 Å². The fraction of sp³-hybridized carbons (Fsp3) is 0.750. The minimum atomic E-state index is 0.658. The summed E-state index contributed by atoms with van der Waals surface area (Å²) in [5, 5.41) is 10.7. The molecule has 0 bridgehead atoms. The molecule has 0 aromatic carbocycles. The zero-order chi connectivity index (χ0) is 8.97. The molecule has 0 spiro atoms. The molecule has 1 rings (SSSR count). The highest BCUT2D eigenvalue weighted by Crippen LogP contribution is 1.99. The van der Waals surface area contributed by atoms with Crippen molar-refractivity contribution in [3.63, 3.8) is 0 Å². The number of aromatic nitrogens is 2. The number of hydrogen-bond acceptors (Lipinski definition) is 4. The SMILES string of the molecule is Cc1nonc1CNCC(C)C. The van der Waals surface area contributed by atoms with Crippen LogP contribution in [0.3, 0.4) is 0 Å². The number of hydrogen-bond donors (Lipinski definition) is 1. The number of nitrogens with zero attached hydrogens (tertiary/aromatic N) is 2. The van der Waals surface area contributed by atoms with E-state index in [0.717, 1.165) is 24.5 Å². The summed E-state index contributed by atoms with van der Waals surface area (Å²) in [6.45, 7) is 7.96. The van der Waals surface area contributed by atoms with Crippen LogP contribution in [0.25, 0.3) is 0 Å². The maximum atomic E-state index is 4.56. The zero-order valence-corrected chi connectivity index (χ0v) is 7.79. The highest BCUT2D eigenvalue weighted by molar-refractivity contribution is 5.03. The molecule has 4 heteroatoms. The van der Waals surface area contributed by atoms with Crippen molar-refractivity contribution >= 4 is 0 Å². The summed E-state index contributed by atoms with van der Waals surface area (Å²) in [7, 11) is 0. The molecule has 1 heterocycles. The van der Waals surface area contributed by atoms with Crippen LogP contribution < -0.4 is 5.32 Å². The van der Waals surface area contributed by atoms with E-state index < -0.39 is 0 Å². The highest BCUT2D eigenvalue weighted by atomic mass is 16.6. The predicted molar refractivity (Wildman–Crippen MR) is 45.6 cm³/mol. The Labute approximate surface area is 72.3 Å². The second kappa shape index (κ2) is 4.21. The summed E-state index contributed by atoms with van der Waals surface area (Å²) < 4.78 is 4.56.